The molecule has 2 atom stereocenters. The van der Waals surface area contributed by atoms with E-state index < -0.39 is 18.2 Å². The lowest BCUT2D eigenvalue weighted by Gasteiger charge is -2.31. The lowest BCUT2D eigenvalue weighted by Crippen LogP contribution is -2.53. The van der Waals surface area contributed by atoms with Crippen LogP contribution in [-0.4, -0.2) is 40.3 Å². The summed E-state index contributed by atoms with van der Waals surface area (Å²) in [6, 6.07) is 2.88. The molecule has 4 rings (SSSR count). The standard InChI is InChI=1S/C16H17N3O4/c20-13-2-1-12(14(21)18-13)19-15(22)10-5-8-3-4-17-7-9(8)6-11(10)16(19)23/h5-6,12,15,17,22H,1-4,7H2,(H,18,20,21). The first-order chi connectivity index (χ1) is 11.1. The van der Waals surface area contributed by atoms with Crippen LogP contribution in [0.1, 0.15) is 46.1 Å². The van der Waals surface area contributed by atoms with Crippen LogP contribution < -0.4 is 10.6 Å². The van der Waals surface area contributed by atoms with E-state index in [0.717, 1.165) is 24.1 Å². The fraction of sp³-hybridized carbons (Fsp3) is 0.438. The Hall–Kier alpha value is -2.25. The minimum Gasteiger partial charge on any atom is -0.369 e. The Morgan fingerprint density at radius 1 is 1.13 bits per heavy atom. The first-order valence-electron chi connectivity index (χ1n) is 7.77. The fourth-order valence-corrected chi connectivity index (χ4v) is 3.61. The quantitative estimate of drug-likeness (QED) is 0.612. The lowest BCUT2D eigenvalue weighted by molar-refractivity contribution is -0.139. The second-order valence-corrected chi connectivity index (χ2v) is 6.19. The largest absolute Gasteiger partial charge is 0.369 e. The fourth-order valence-electron chi connectivity index (χ4n) is 3.61. The molecule has 1 fully saturated rings. The highest BCUT2D eigenvalue weighted by atomic mass is 16.3. The molecular formula is C16H17N3O4. The molecule has 3 amide bonds. The van der Waals surface area contributed by atoms with Gasteiger partial charge in [-0.05, 0) is 36.6 Å². The number of benzene rings is 1. The minimum absolute atomic E-state index is 0.170. The van der Waals surface area contributed by atoms with Gasteiger partial charge >= 0.3 is 0 Å². The normalized spacial score (nSPS) is 26.8. The summed E-state index contributed by atoms with van der Waals surface area (Å²) in [5.41, 5.74) is 3.19. The Kier molecular flexibility index (Phi) is 3.21. The molecule has 2 unspecified atom stereocenters. The predicted molar refractivity (Wildman–Crippen MR) is 79.2 cm³/mol. The highest BCUT2D eigenvalue weighted by Crippen LogP contribution is 2.37. The summed E-state index contributed by atoms with van der Waals surface area (Å²) < 4.78 is 0. The molecule has 1 saturated heterocycles. The van der Waals surface area contributed by atoms with Gasteiger partial charge in [-0.3, -0.25) is 24.6 Å². The van der Waals surface area contributed by atoms with Crippen molar-refractivity contribution in [1.82, 2.24) is 15.5 Å². The van der Waals surface area contributed by atoms with Gasteiger partial charge in [-0.1, -0.05) is 6.07 Å². The summed E-state index contributed by atoms with van der Waals surface area (Å²) in [6.07, 6.45) is 0.121. The minimum atomic E-state index is -1.14. The first kappa shape index (κ1) is 14.3. The van der Waals surface area contributed by atoms with Crippen molar-refractivity contribution in [2.75, 3.05) is 6.54 Å². The molecule has 7 heteroatoms. The summed E-state index contributed by atoms with van der Waals surface area (Å²) in [7, 11) is 0. The lowest BCUT2D eigenvalue weighted by atomic mass is 9.95. The van der Waals surface area contributed by atoms with Crippen LogP contribution in [0.5, 0.6) is 0 Å². The van der Waals surface area contributed by atoms with E-state index in [2.05, 4.69) is 10.6 Å². The van der Waals surface area contributed by atoms with Gasteiger partial charge in [-0.2, -0.15) is 0 Å². The van der Waals surface area contributed by atoms with E-state index in [4.69, 9.17) is 0 Å². The highest BCUT2D eigenvalue weighted by Gasteiger charge is 2.44. The van der Waals surface area contributed by atoms with Gasteiger partial charge in [-0.25, -0.2) is 0 Å². The molecule has 3 aliphatic heterocycles. The summed E-state index contributed by atoms with van der Waals surface area (Å²) in [4.78, 5) is 37.2. The van der Waals surface area contributed by atoms with Crippen LogP contribution in [0.4, 0.5) is 0 Å². The van der Waals surface area contributed by atoms with E-state index in [-0.39, 0.29) is 24.7 Å². The molecule has 3 N–H and O–H groups in total. The molecule has 3 heterocycles. The molecule has 0 aromatic heterocycles. The van der Waals surface area contributed by atoms with Crippen molar-refractivity contribution in [3.8, 4) is 0 Å². The van der Waals surface area contributed by atoms with Crippen molar-refractivity contribution in [2.45, 2.75) is 38.1 Å². The number of aliphatic hydroxyl groups is 1. The molecule has 1 aromatic rings. The molecule has 1 aromatic carbocycles. The van der Waals surface area contributed by atoms with Crippen LogP contribution in [0, 0.1) is 0 Å². The second kappa shape index (κ2) is 5.14. The predicted octanol–water partition coefficient (Wildman–Crippen LogP) is -0.416. The van der Waals surface area contributed by atoms with Gasteiger partial charge in [0.25, 0.3) is 5.91 Å². The Morgan fingerprint density at radius 3 is 2.74 bits per heavy atom. The van der Waals surface area contributed by atoms with Crippen molar-refractivity contribution < 1.29 is 19.5 Å². The maximum absolute atomic E-state index is 12.7. The molecular weight excluding hydrogens is 298 g/mol. The number of hydrogen-bond acceptors (Lipinski definition) is 5. The number of amides is 3. The van der Waals surface area contributed by atoms with Crippen molar-refractivity contribution in [2.24, 2.45) is 0 Å². The van der Waals surface area contributed by atoms with Crippen molar-refractivity contribution in [3.63, 3.8) is 0 Å². The van der Waals surface area contributed by atoms with Gasteiger partial charge < -0.3 is 10.4 Å². The topological polar surface area (TPSA) is 98.7 Å². The Morgan fingerprint density at radius 2 is 1.96 bits per heavy atom. The number of nitrogens with one attached hydrogen (secondary N) is 2. The third-order valence-corrected chi connectivity index (χ3v) is 4.81. The van der Waals surface area contributed by atoms with E-state index in [1.54, 1.807) is 0 Å². The second-order valence-electron chi connectivity index (χ2n) is 6.19. The van der Waals surface area contributed by atoms with Crippen molar-refractivity contribution in [1.29, 1.82) is 0 Å². The summed E-state index contributed by atoms with van der Waals surface area (Å²) in [5, 5.41) is 16.1. The first-order valence-corrected chi connectivity index (χ1v) is 7.77. The van der Waals surface area contributed by atoms with E-state index in [1.165, 1.54) is 4.90 Å². The van der Waals surface area contributed by atoms with Crippen molar-refractivity contribution in [3.05, 3.63) is 34.4 Å². The van der Waals surface area contributed by atoms with Crippen molar-refractivity contribution >= 4 is 17.7 Å². The van der Waals surface area contributed by atoms with Crippen LogP contribution in [-0.2, 0) is 22.6 Å². The van der Waals surface area contributed by atoms with Gasteiger partial charge in [0, 0.05) is 24.1 Å². The van der Waals surface area contributed by atoms with E-state index >= 15 is 0 Å². The van der Waals surface area contributed by atoms with E-state index in [1.807, 2.05) is 12.1 Å². The third-order valence-electron chi connectivity index (χ3n) is 4.81. The number of carbonyl (C=O) groups excluding carboxylic acids is 3. The van der Waals surface area contributed by atoms with Gasteiger partial charge in [-0.15, -0.1) is 0 Å². The van der Waals surface area contributed by atoms with Crippen LogP contribution in [0.3, 0.4) is 0 Å². The Bertz CT molecular complexity index is 730. The third kappa shape index (κ3) is 2.15. The summed E-state index contributed by atoms with van der Waals surface area (Å²) >= 11 is 0. The molecule has 0 aliphatic carbocycles. The number of rotatable bonds is 1. The molecule has 23 heavy (non-hydrogen) atoms. The summed E-state index contributed by atoms with van der Waals surface area (Å²) in [6.45, 7) is 1.57. The molecule has 0 saturated carbocycles. The summed E-state index contributed by atoms with van der Waals surface area (Å²) in [5.74, 6) is -1.21. The maximum Gasteiger partial charge on any atom is 0.257 e. The van der Waals surface area contributed by atoms with Crippen LogP contribution in [0.2, 0.25) is 0 Å². The number of aliphatic hydroxyl groups excluding tert-OH is 1. The maximum atomic E-state index is 12.7. The smallest absolute Gasteiger partial charge is 0.257 e. The van der Waals surface area contributed by atoms with E-state index in [9.17, 15) is 19.5 Å². The number of hydrogen-bond donors (Lipinski definition) is 3. The van der Waals surface area contributed by atoms with Crippen LogP contribution in [0.15, 0.2) is 12.1 Å². The highest BCUT2D eigenvalue weighted by molar-refractivity contribution is 6.05. The Balaban J connectivity index is 1.70. The average Bonchev–Trinajstić information content (AvgIpc) is 2.77. The average molecular weight is 315 g/mol. The van der Waals surface area contributed by atoms with E-state index in [0.29, 0.717) is 17.7 Å². The number of nitrogens with zero attached hydrogens (tertiary/aromatic N) is 1. The number of carbonyl (C=O) groups is 3. The zero-order chi connectivity index (χ0) is 16.1. The zero-order valence-electron chi connectivity index (χ0n) is 12.5. The zero-order valence-corrected chi connectivity index (χ0v) is 12.5. The van der Waals surface area contributed by atoms with Gasteiger partial charge in [0.05, 0.1) is 0 Å². The van der Waals surface area contributed by atoms with Gasteiger partial charge in [0.1, 0.15) is 6.04 Å². The van der Waals surface area contributed by atoms with Gasteiger partial charge in [0.2, 0.25) is 11.8 Å². The Labute approximate surface area is 132 Å². The van der Waals surface area contributed by atoms with Crippen LogP contribution >= 0.6 is 0 Å². The van der Waals surface area contributed by atoms with Crippen LogP contribution in [0.25, 0.3) is 0 Å². The molecule has 0 bridgehead atoms. The number of piperidine rings is 1. The van der Waals surface area contributed by atoms with Gasteiger partial charge in [0.15, 0.2) is 6.23 Å². The molecule has 120 valence electrons. The number of imide groups is 1. The molecule has 7 nitrogen and oxygen atoms in total. The SMILES string of the molecule is O=C1CCC(N2C(=O)c3cc4c(cc3C2O)CCNC4)C(=O)N1. The monoisotopic (exact) mass is 315 g/mol. The molecule has 0 spiro atoms. The number of fused-ring (bicyclic) bond motifs is 2. The molecule has 0 radical (unpaired) electrons. The molecule has 3 aliphatic rings.